The smallest absolute Gasteiger partial charge is 0.331 e. The van der Waals surface area contributed by atoms with Crippen LogP contribution in [-0.2, 0) is 11.3 Å². The Balaban J connectivity index is 1.40. The van der Waals surface area contributed by atoms with Gasteiger partial charge in [0.15, 0.2) is 0 Å². The molecule has 0 radical (unpaired) electrons. The van der Waals surface area contributed by atoms with Gasteiger partial charge in [-0.15, -0.1) is 0 Å². The first-order valence-electron chi connectivity index (χ1n) is 9.27. The molecule has 128 valence electrons. The fraction of sp³-hybridized carbons (Fsp3) is 0.571. The zero-order valence-electron chi connectivity index (χ0n) is 14.4. The number of benzene rings is 1. The second kappa shape index (κ2) is 6.03. The molecule has 4 saturated carbocycles. The summed E-state index contributed by atoms with van der Waals surface area (Å²) in [7, 11) is 0. The Morgan fingerprint density at radius 1 is 1.12 bits per heavy atom. The summed E-state index contributed by atoms with van der Waals surface area (Å²) in [5, 5.41) is 12.9. The SMILES string of the molecule is C/C(=C\c1ccc(CNC23CC4CC(CC(C4)C2)C3)cc1)C(=O)O. The van der Waals surface area contributed by atoms with E-state index in [1.807, 2.05) is 12.1 Å². The van der Waals surface area contributed by atoms with Gasteiger partial charge in [-0.2, -0.15) is 0 Å². The third-order valence-corrected chi connectivity index (χ3v) is 6.41. The lowest BCUT2D eigenvalue weighted by Gasteiger charge is -2.57. The van der Waals surface area contributed by atoms with Gasteiger partial charge in [0.05, 0.1) is 0 Å². The van der Waals surface area contributed by atoms with Gasteiger partial charge in [-0.25, -0.2) is 4.79 Å². The molecule has 0 aliphatic heterocycles. The van der Waals surface area contributed by atoms with Gasteiger partial charge in [0.25, 0.3) is 0 Å². The van der Waals surface area contributed by atoms with Crippen LogP contribution in [-0.4, -0.2) is 16.6 Å². The second-order valence-corrected chi connectivity index (χ2v) is 8.43. The van der Waals surface area contributed by atoms with E-state index in [0.29, 0.717) is 11.1 Å². The third-order valence-electron chi connectivity index (χ3n) is 6.41. The molecule has 2 N–H and O–H groups in total. The molecular weight excluding hydrogens is 298 g/mol. The molecule has 0 heterocycles. The predicted octanol–water partition coefficient (Wildman–Crippen LogP) is 4.23. The van der Waals surface area contributed by atoms with Gasteiger partial charge < -0.3 is 10.4 Å². The minimum absolute atomic E-state index is 0.370. The summed E-state index contributed by atoms with van der Waals surface area (Å²) in [6, 6.07) is 8.27. The molecule has 0 saturated heterocycles. The zero-order chi connectivity index (χ0) is 16.7. The van der Waals surface area contributed by atoms with Crippen molar-refractivity contribution in [3.8, 4) is 0 Å². The van der Waals surface area contributed by atoms with E-state index in [2.05, 4.69) is 17.4 Å². The van der Waals surface area contributed by atoms with Crippen molar-refractivity contribution >= 4 is 12.0 Å². The van der Waals surface area contributed by atoms with Crippen LogP contribution in [0.1, 0.15) is 56.6 Å². The number of rotatable bonds is 5. The van der Waals surface area contributed by atoms with Gasteiger partial charge in [-0.05, 0) is 80.4 Å². The Hall–Kier alpha value is -1.61. The highest BCUT2D eigenvalue weighted by Crippen LogP contribution is 2.55. The molecule has 4 aliphatic rings. The molecule has 1 aromatic carbocycles. The predicted molar refractivity (Wildman–Crippen MR) is 95.5 cm³/mol. The van der Waals surface area contributed by atoms with Crippen molar-refractivity contribution in [3.63, 3.8) is 0 Å². The maximum atomic E-state index is 10.9. The summed E-state index contributed by atoms with van der Waals surface area (Å²) in [5.74, 6) is 2.04. The maximum absolute atomic E-state index is 10.9. The van der Waals surface area contributed by atoms with Crippen LogP contribution in [0.4, 0.5) is 0 Å². The highest BCUT2D eigenvalue weighted by Gasteiger charge is 2.50. The van der Waals surface area contributed by atoms with E-state index in [1.54, 1.807) is 13.0 Å². The molecule has 1 aromatic rings. The second-order valence-electron chi connectivity index (χ2n) is 8.43. The normalized spacial score (nSPS) is 34.5. The van der Waals surface area contributed by atoms with E-state index in [-0.39, 0.29) is 0 Å². The fourth-order valence-electron chi connectivity index (χ4n) is 5.66. The number of carboxylic acids is 1. The van der Waals surface area contributed by atoms with E-state index in [0.717, 1.165) is 29.9 Å². The van der Waals surface area contributed by atoms with Gasteiger partial charge in [0.1, 0.15) is 0 Å². The first-order valence-corrected chi connectivity index (χ1v) is 9.27. The summed E-state index contributed by atoms with van der Waals surface area (Å²) in [6.45, 7) is 2.55. The van der Waals surface area contributed by atoms with Gasteiger partial charge in [-0.3, -0.25) is 0 Å². The molecule has 0 spiro atoms. The highest BCUT2D eigenvalue weighted by molar-refractivity contribution is 5.91. The van der Waals surface area contributed by atoms with Gasteiger partial charge in [0, 0.05) is 17.7 Å². The molecule has 0 amide bonds. The number of hydrogen-bond donors (Lipinski definition) is 2. The molecule has 5 rings (SSSR count). The van der Waals surface area contributed by atoms with Crippen LogP contribution in [0, 0.1) is 17.8 Å². The standard InChI is InChI=1S/C21H27NO2/c1-14(20(23)24)6-15-2-4-16(5-3-15)13-22-21-10-17-7-18(11-21)9-19(8-17)12-21/h2-6,17-19,22H,7-13H2,1H3,(H,23,24)/b14-6+. The topological polar surface area (TPSA) is 49.3 Å². The molecule has 0 aromatic heterocycles. The average molecular weight is 325 g/mol. The molecule has 4 bridgehead atoms. The van der Waals surface area contributed by atoms with E-state index < -0.39 is 5.97 Å². The fourth-order valence-corrected chi connectivity index (χ4v) is 5.66. The van der Waals surface area contributed by atoms with E-state index in [4.69, 9.17) is 5.11 Å². The lowest BCUT2D eigenvalue weighted by Crippen LogP contribution is -2.58. The number of carbonyl (C=O) groups is 1. The molecule has 0 unspecified atom stereocenters. The lowest BCUT2D eigenvalue weighted by atomic mass is 9.53. The minimum atomic E-state index is -0.859. The van der Waals surface area contributed by atoms with E-state index in [9.17, 15) is 4.79 Å². The largest absolute Gasteiger partial charge is 0.478 e. The summed E-state index contributed by atoms with van der Waals surface area (Å²) >= 11 is 0. The molecule has 24 heavy (non-hydrogen) atoms. The van der Waals surface area contributed by atoms with Crippen LogP contribution >= 0.6 is 0 Å². The van der Waals surface area contributed by atoms with Crippen LogP contribution in [0.15, 0.2) is 29.8 Å². The Morgan fingerprint density at radius 2 is 1.67 bits per heavy atom. The zero-order valence-corrected chi connectivity index (χ0v) is 14.4. The molecule has 3 heteroatoms. The van der Waals surface area contributed by atoms with Gasteiger partial charge >= 0.3 is 5.97 Å². The summed E-state index contributed by atoms with van der Waals surface area (Å²) in [4.78, 5) is 10.9. The molecule has 4 fully saturated rings. The van der Waals surface area contributed by atoms with Crippen molar-refractivity contribution in [2.24, 2.45) is 17.8 Å². The van der Waals surface area contributed by atoms with Crippen molar-refractivity contribution in [1.82, 2.24) is 5.32 Å². The number of nitrogens with one attached hydrogen (secondary N) is 1. The van der Waals surface area contributed by atoms with Crippen molar-refractivity contribution < 1.29 is 9.90 Å². The van der Waals surface area contributed by atoms with Crippen molar-refractivity contribution in [2.45, 2.75) is 57.5 Å². The highest BCUT2D eigenvalue weighted by atomic mass is 16.4. The van der Waals surface area contributed by atoms with Gasteiger partial charge in [0.2, 0.25) is 0 Å². The number of hydrogen-bond acceptors (Lipinski definition) is 2. The van der Waals surface area contributed by atoms with Crippen molar-refractivity contribution in [2.75, 3.05) is 0 Å². The first kappa shape index (κ1) is 15.9. The Labute approximate surface area is 144 Å². The molecule has 0 atom stereocenters. The van der Waals surface area contributed by atoms with Crippen LogP contribution < -0.4 is 5.32 Å². The van der Waals surface area contributed by atoms with E-state index >= 15 is 0 Å². The minimum Gasteiger partial charge on any atom is -0.478 e. The summed E-state index contributed by atoms with van der Waals surface area (Å²) in [5.41, 5.74) is 3.01. The van der Waals surface area contributed by atoms with Crippen molar-refractivity contribution in [1.29, 1.82) is 0 Å². The third kappa shape index (κ3) is 3.14. The summed E-state index contributed by atoms with van der Waals surface area (Å²) < 4.78 is 0. The van der Waals surface area contributed by atoms with Gasteiger partial charge in [-0.1, -0.05) is 24.3 Å². The molecule has 4 aliphatic carbocycles. The van der Waals surface area contributed by atoms with Crippen LogP contribution in [0.2, 0.25) is 0 Å². The number of carboxylic acid groups (broad SMARTS) is 1. The Morgan fingerprint density at radius 3 is 2.17 bits per heavy atom. The monoisotopic (exact) mass is 325 g/mol. The summed E-state index contributed by atoms with van der Waals surface area (Å²) in [6.07, 6.45) is 10.3. The molecule has 3 nitrogen and oxygen atoms in total. The Kier molecular flexibility index (Phi) is 4.00. The van der Waals surface area contributed by atoms with Crippen molar-refractivity contribution in [3.05, 3.63) is 41.0 Å². The first-order chi connectivity index (χ1) is 11.5. The molecular formula is C21H27NO2. The van der Waals surface area contributed by atoms with Crippen LogP contribution in [0.3, 0.4) is 0 Å². The quantitative estimate of drug-likeness (QED) is 0.796. The van der Waals surface area contributed by atoms with E-state index in [1.165, 1.54) is 44.1 Å². The number of aliphatic carboxylic acids is 1. The Bertz CT molecular complexity index is 624. The van der Waals surface area contributed by atoms with Crippen LogP contribution in [0.5, 0.6) is 0 Å². The lowest BCUT2D eigenvalue weighted by molar-refractivity contribution is -0.132. The average Bonchev–Trinajstić information content (AvgIpc) is 2.53. The van der Waals surface area contributed by atoms with Crippen LogP contribution in [0.25, 0.3) is 6.08 Å². The maximum Gasteiger partial charge on any atom is 0.331 e.